The summed E-state index contributed by atoms with van der Waals surface area (Å²) in [5, 5.41) is 7.22. The van der Waals surface area contributed by atoms with Crippen LogP contribution in [-0.4, -0.2) is 10.7 Å². The summed E-state index contributed by atoms with van der Waals surface area (Å²) in [6, 6.07) is 3.88. The molecule has 1 heterocycles. The van der Waals surface area contributed by atoms with Crippen LogP contribution in [0.2, 0.25) is 0 Å². The first-order chi connectivity index (χ1) is 4.20. The summed E-state index contributed by atoms with van der Waals surface area (Å²) < 4.78 is 0. The first-order valence-corrected chi connectivity index (χ1v) is 2.91. The van der Waals surface area contributed by atoms with Gasteiger partial charge < -0.3 is 10.4 Å². The van der Waals surface area contributed by atoms with Crippen LogP contribution in [0.25, 0.3) is 0 Å². The molecule has 48 valence electrons. The second-order valence-corrected chi connectivity index (χ2v) is 2.18. The molecule has 0 atom stereocenters. The van der Waals surface area contributed by atoms with Crippen molar-refractivity contribution in [3.05, 3.63) is 23.5 Å². The van der Waals surface area contributed by atoms with Gasteiger partial charge in [-0.2, -0.15) is 0 Å². The van der Waals surface area contributed by atoms with Crippen molar-refractivity contribution in [1.29, 1.82) is 5.41 Å². The molecule has 2 heteroatoms. The molecule has 0 saturated heterocycles. The van der Waals surface area contributed by atoms with Crippen molar-refractivity contribution in [3.63, 3.8) is 0 Å². The molecule has 0 aliphatic rings. The van der Waals surface area contributed by atoms with Gasteiger partial charge >= 0.3 is 0 Å². The first kappa shape index (κ1) is 6.08. The zero-order chi connectivity index (χ0) is 6.85. The molecule has 0 aliphatic heterocycles. The molecular formula is C7H10N2. The van der Waals surface area contributed by atoms with Crippen LogP contribution in [-0.2, 0) is 0 Å². The maximum Gasteiger partial charge on any atom is 0.0590 e. The van der Waals surface area contributed by atoms with Crippen LogP contribution in [0, 0.1) is 12.3 Å². The molecule has 9 heavy (non-hydrogen) atoms. The van der Waals surface area contributed by atoms with Crippen molar-refractivity contribution in [2.24, 2.45) is 0 Å². The van der Waals surface area contributed by atoms with E-state index < -0.39 is 0 Å². The Labute approximate surface area is 54.4 Å². The van der Waals surface area contributed by atoms with E-state index in [9.17, 15) is 0 Å². The van der Waals surface area contributed by atoms with Gasteiger partial charge in [0.05, 0.1) is 11.4 Å². The fourth-order valence-corrected chi connectivity index (χ4v) is 0.723. The molecule has 0 spiro atoms. The molecular weight excluding hydrogens is 112 g/mol. The van der Waals surface area contributed by atoms with Gasteiger partial charge in [-0.05, 0) is 26.0 Å². The Morgan fingerprint density at radius 1 is 1.56 bits per heavy atom. The van der Waals surface area contributed by atoms with Gasteiger partial charge in [-0.3, -0.25) is 0 Å². The van der Waals surface area contributed by atoms with Gasteiger partial charge in [-0.25, -0.2) is 0 Å². The van der Waals surface area contributed by atoms with Gasteiger partial charge in [0.2, 0.25) is 0 Å². The lowest BCUT2D eigenvalue weighted by Gasteiger charge is -1.88. The Morgan fingerprint density at radius 2 is 2.22 bits per heavy atom. The van der Waals surface area contributed by atoms with Gasteiger partial charge in [0.1, 0.15) is 0 Å². The first-order valence-electron chi connectivity index (χ1n) is 2.91. The monoisotopic (exact) mass is 122 g/mol. The average Bonchev–Trinajstić information content (AvgIpc) is 2.14. The maximum atomic E-state index is 7.22. The molecule has 0 radical (unpaired) electrons. The van der Waals surface area contributed by atoms with Gasteiger partial charge in [-0.15, -0.1) is 0 Å². The number of nitrogens with one attached hydrogen (secondary N) is 2. The second-order valence-electron chi connectivity index (χ2n) is 2.18. The van der Waals surface area contributed by atoms with Crippen LogP contribution < -0.4 is 0 Å². The number of rotatable bonds is 1. The maximum absolute atomic E-state index is 7.22. The van der Waals surface area contributed by atoms with Crippen molar-refractivity contribution in [3.8, 4) is 0 Å². The van der Waals surface area contributed by atoms with Crippen LogP contribution in [0.15, 0.2) is 12.1 Å². The van der Waals surface area contributed by atoms with Gasteiger partial charge in [-0.1, -0.05) is 0 Å². The van der Waals surface area contributed by atoms with E-state index in [1.165, 1.54) is 0 Å². The highest BCUT2D eigenvalue weighted by Gasteiger charge is 1.94. The van der Waals surface area contributed by atoms with Gasteiger partial charge in [0, 0.05) is 5.69 Å². The van der Waals surface area contributed by atoms with Gasteiger partial charge in [0.25, 0.3) is 0 Å². The predicted molar refractivity (Wildman–Crippen MR) is 38.0 cm³/mol. The average molecular weight is 122 g/mol. The number of hydrogen-bond donors (Lipinski definition) is 2. The fourth-order valence-electron chi connectivity index (χ4n) is 0.723. The molecule has 0 bridgehead atoms. The molecule has 2 N–H and O–H groups in total. The van der Waals surface area contributed by atoms with Crippen molar-refractivity contribution in [2.45, 2.75) is 13.8 Å². The van der Waals surface area contributed by atoms with Crippen molar-refractivity contribution < 1.29 is 0 Å². The highest BCUT2D eigenvalue weighted by Crippen LogP contribution is 1.99. The van der Waals surface area contributed by atoms with Crippen molar-refractivity contribution >= 4 is 5.71 Å². The third kappa shape index (κ3) is 1.19. The summed E-state index contributed by atoms with van der Waals surface area (Å²) in [5.41, 5.74) is 2.60. The minimum atomic E-state index is 0.586. The third-order valence-corrected chi connectivity index (χ3v) is 1.24. The largest absolute Gasteiger partial charge is 0.358 e. The van der Waals surface area contributed by atoms with E-state index in [-0.39, 0.29) is 0 Å². The van der Waals surface area contributed by atoms with Crippen molar-refractivity contribution in [2.75, 3.05) is 0 Å². The summed E-state index contributed by atoms with van der Waals surface area (Å²) in [6.07, 6.45) is 0. The molecule has 1 rings (SSSR count). The summed E-state index contributed by atoms with van der Waals surface area (Å²) in [6.45, 7) is 3.75. The quantitative estimate of drug-likeness (QED) is 0.532. The lowest BCUT2D eigenvalue weighted by molar-refractivity contribution is 1.23. The van der Waals surface area contributed by atoms with E-state index in [1.54, 1.807) is 6.92 Å². The Bertz CT molecular complexity index is 223. The predicted octanol–water partition coefficient (Wildman–Crippen LogP) is 1.71. The molecule has 0 aliphatic carbocycles. The summed E-state index contributed by atoms with van der Waals surface area (Å²) in [5.74, 6) is 0. The van der Waals surface area contributed by atoms with Crippen LogP contribution in [0.5, 0.6) is 0 Å². The Balaban J connectivity index is 2.98. The zero-order valence-corrected chi connectivity index (χ0v) is 5.65. The normalized spacial score (nSPS) is 9.56. The van der Waals surface area contributed by atoms with E-state index in [0.29, 0.717) is 5.71 Å². The highest BCUT2D eigenvalue weighted by molar-refractivity contribution is 5.94. The zero-order valence-electron chi connectivity index (χ0n) is 5.65. The Hall–Kier alpha value is -1.05. The minimum Gasteiger partial charge on any atom is -0.358 e. The highest BCUT2D eigenvalue weighted by atomic mass is 14.7. The van der Waals surface area contributed by atoms with Crippen LogP contribution in [0.4, 0.5) is 0 Å². The Kier molecular flexibility index (Phi) is 1.39. The summed E-state index contributed by atoms with van der Waals surface area (Å²) in [7, 11) is 0. The number of H-pyrrole nitrogens is 1. The molecule has 0 amide bonds. The molecule has 1 aromatic heterocycles. The standard InChI is InChI=1S/C7H10N2/c1-5-3-4-7(9-5)6(2)8/h3-4,8-9H,1-2H3. The number of aromatic amines is 1. The van der Waals surface area contributed by atoms with Gasteiger partial charge in [0.15, 0.2) is 0 Å². The summed E-state index contributed by atoms with van der Waals surface area (Å²) >= 11 is 0. The smallest absolute Gasteiger partial charge is 0.0590 e. The molecule has 0 aromatic carbocycles. The lowest BCUT2D eigenvalue weighted by atomic mass is 10.3. The van der Waals surface area contributed by atoms with E-state index in [0.717, 1.165) is 11.4 Å². The molecule has 1 aromatic rings. The second kappa shape index (κ2) is 2.05. The van der Waals surface area contributed by atoms with Crippen LogP contribution >= 0.6 is 0 Å². The van der Waals surface area contributed by atoms with Crippen molar-refractivity contribution in [1.82, 2.24) is 4.98 Å². The van der Waals surface area contributed by atoms with E-state index >= 15 is 0 Å². The molecule has 0 fully saturated rings. The Morgan fingerprint density at radius 3 is 2.44 bits per heavy atom. The fraction of sp³-hybridized carbons (Fsp3) is 0.286. The lowest BCUT2D eigenvalue weighted by Crippen LogP contribution is -1.90. The molecule has 0 saturated carbocycles. The van der Waals surface area contributed by atoms with E-state index in [1.807, 2.05) is 19.1 Å². The van der Waals surface area contributed by atoms with Crippen LogP contribution in [0.1, 0.15) is 18.3 Å². The summed E-state index contributed by atoms with van der Waals surface area (Å²) in [4.78, 5) is 3.05. The topological polar surface area (TPSA) is 39.6 Å². The molecule has 0 unspecified atom stereocenters. The van der Waals surface area contributed by atoms with E-state index in [2.05, 4.69) is 4.98 Å². The number of aromatic nitrogens is 1. The number of hydrogen-bond acceptors (Lipinski definition) is 1. The SMILES string of the molecule is CC(=N)c1ccc(C)[nH]1. The molecule has 2 nitrogen and oxygen atoms in total. The minimum absolute atomic E-state index is 0.586. The third-order valence-electron chi connectivity index (χ3n) is 1.24. The van der Waals surface area contributed by atoms with E-state index in [4.69, 9.17) is 5.41 Å². The number of aryl methyl sites for hydroxylation is 1. The van der Waals surface area contributed by atoms with Crippen LogP contribution in [0.3, 0.4) is 0 Å².